The van der Waals surface area contributed by atoms with Gasteiger partial charge in [-0.25, -0.2) is 4.98 Å². The van der Waals surface area contributed by atoms with Crippen LogP contribution in [0.25, 0.3) is 33.4 Å². The van der Waals surface area contributed by atoms with Gasteiger partial charge in [-0.15, -0.1) is 0 Å². The average Bonchev–Trinajstić information content (AvgIpc) is 3.45. The van der Waals surface area contributed by atoms with Crippen molar-refractivity contribution in [2.45, 2.75) is 6.92 Å². The second-order valence-electron chi connectivity index (χ2n) is 7.21. The van der Waals surface area contributed by atoms with Crippen molar-refractivity contribution in [2.24, 2.45) is 0 Å². The molecule has 5 aromatic rings. The van der Waals surface area contributed by atoms with Crippen LogP contribution in [-0.2, 0) is 0 Å². The van der Waals surface area contributed by atoms with Crippen molar-refractivity contribution < 1.29 is 14.1 Å². The second kappa shape index (κ2) is 7.99. The highest BCUT2D eigenvalue weighted by Gasteiger charge is 2.23. The monoisotopic (exact) mass is 425 g/mol. The molecule has 0 bridgehead atoms. The van der Waals surface area contributed by atoms with Crippen molar-refractivity contribution >= 4 is 22.5 Å². The van der Waals surface area contributed by atoms with E-state index < -0.39 is 0 Å². The van der Waals surface area contributed by atoms with Crippen LogP contribution in [0, 0.1) is 6.92 Å². The molecule has 0 spiro atoms. The molecule has 0 unspecified atom stereocenters. The standard InChI is InChI=1S/C24H19N5O3/c1-14-21(22(29-32-14)15-6-4-3-5-7-15)23(30)26-19-11-10-18(27-24(19)31-2)16-8-9-17-13-25-28-20(17)12-16/h3-13H,1-2H3,(H,25,28)(H,26,30). The number of anilines is 1. The summed E-state index contributed by atoms with van der Waals surface area (Å²) in [4.78, 5) is 17.7. The highest BCUT2D eigenvalue weighted by Crippen LogP contribution is 2.30. The highest BCUT2D eigenvalue weighted by molar-refractivity contribution is 6.09. The number of nitrogens with zero attached hydrogens (tertiary/aromatic N) is 3. The van der Waals surface area contributed by atoms with E-state index in [9.17, 15) is 4.79 Å². The molecule has 0 aliphatic carbocycles. The Morgan fingerprint density at radius 2 is 1.91 bits per heavy atom. The first kappa shape index (κ1) is 19.5. The Hall–Kier alpha value is -4.46. The molecule has 0 saturated carbocycles. The number of amides is 1. The lowest BCUT2D eigenvalue weighted by atomic mass is 10.1. The average molecular weight is 425 g/mol. The predicted octanol–water partition coefficient (Wildman–Crippen LogP) is 4.85. The van der Waals surface area contributed by atoms with E-state index in [2.05, 4.69) is 25.7 Å². The topological polar surface area (TPSA) is 106 Å². The number of pyridine rings is 1. The molecule has 0 atom stereocenters. The van der Waals surface area contributed by atoms with Crippen LogP contribution < -0.4 is 10.1 Å². The summed E-state index contributed by atoms with van der Waals surface area (Å²) in [7, 11) is 1.51. The second-order valence-corrected chi connectivity index (χ2v) is 7.21. The third-order valence-electron chi connectivity index (χ3n) is 5.18. The van der Waals surface area contributed by atoms with Gasteiger partial charge >= 0.3 is 0 Å². The van der Waals surface area contributed by atoms with Gasteiger partial charge in [0.15, 0.2) is 0 Å². The molecule has 3 aromatic heterocycles. The Morgan fingerprint density at radius 1 is 1.06 bits per heavy atom. The fourth-order valence-corrected chi connectivity index (χ4v) is 3.57. The minimum absolute atomic E-state index is 0.302. The largest absolute Gasteiger partial charge is 0.479 e. The van der Waals surface area contributed by atoms with Crippen molar-refractivity contribution in [2.75, 3.05) is 12.4 Å². The number of methoxy groups -OCH3 is 1. The Morgan fingerprint density at radius 3 is 2.72 bits per heavy atom. The number of aromatic amines is 1. The lowest BCUT2D eigenvalue weighted by molar-refractivity contribution is 0.102. The summed E-state index contributed by atoms with van der Waals surface area (Å²) in [5.74, 6) is 0.378. The van der Waals surface area contributed by atoms with Crippen LogP contribution in [0.3, 0.4) is 0 Å². The number of ether oxygens (including phenoxy) is 1. The molecule has 0 radical (unpaired) electrons. The van der Waals surface area contributed by atoms with E-state index in [1.807, 2.05) is 54.6 Å². The van der Waals surface area contributed by atoms with Gasteiger partial charge in [-0.2, -0.15) is 5.10 Å². The number of H-pyrrole nitrogens is 1. The maximum Gasteiger partial charge on any atom is 0.261 e. The molecule has 5 rings (SSSR count). The van der Waals surface area contributed by atoms with E-state index >= 15 is 0 Å². The van der Waals surface area contributed by atoms with Crippen LogP contribution in [0.2, 0.25) is 0 Å². The number of fused-ring (bicyclic) bond motifs is 1. The van der Waals surface area contributed by atoms with Gasteiger partial charge in [-0.3, -0.25) is 9.89 Å². The number of carbonyl (C=O) groups is 1. The van der Waals surface area contributed by atoms with Crippen molar-refractivity contribution in [1.82, 2.24) is 20.3 Å². The minimum atomic E-state index is -0.352. The molecule has 0 aliphatic rings. The smallest absolute Gasteiger partial charge is 0.261 e. The summed E-state index contributed by atoms with van der Waals surface area (Å²) < 4.78 is 10.8. The van der Waals surface area contributed by atoms with Gasteiger partial charge < -0.3 is 14.6 Å². The van der Waals surface area contributed by atoms with E-state index in [-0.39, 0.29) is 5.91 Å². The minimum Gasteiger partial charge on any atom is -0.479 e. The summed E-state index contributed by atoms with van der Waals surface area (Å²) in [5.41, 5.74) is 4.62. The zero-order valence-electron chi connectivity index (χ0n) is 17.4. The zero-order chi connectivity index (χ0) is 22.1. The van der Waals surface area contributed by atoms with Gasteiger partial charge in [0.1, 0.15) is 22.7 Å². The lowest BCUT2D eigenvalue weighted by Gasteiger charge is -2.11. The number of nitrogens with one attached hydrogen (secondary N) is 2. The third-order valence-corrected chi connectivity index (χ3v) is 5.18. The van der Waals surface area contributed by atoms with E-state index in [0.717, 1.165) is 22.0 Å². The van der Waals surface area contributed by atoms with Crippen LogP contribution in [-0.4, -0.2) is 33.4 Å². The summed E-state index contributed by atoms with van der Waals surface area (Å²) >= 11 is 0. The molecular formula is C24H19N5O3. The van der Waals surface area contributed by atoms with Gasteiger partial charge in [0.2, 0.25) is 5.88 Å². The van der Waals surface area contributed by atoms with Crippen molar-refractivity contribution in [3.63, 3.8) is 0 Å². The SMILES string of the molecule is COc1nc(-c2ccc3cn[nH]c3c2)ccc1NC(=O)c1c(-c2ccccc2)noc1C. The molecule has 0 saturated heterocycles. The molecule has 8 heteroatoms. The number of hydrogen-bond donors (Lipinski definition) is 2. The highest BCUT2D eigenvalue weighted by atomic mass is 16.5. The Bertz CT molecular complexity index is 1420. The molecule has 2 aromatic carbocycles. The number of aromatic nitrogens is 4. The van der Waals surface area contributed by atoms with E-state index in [1.165, 1.54) is 7.11 Å². The van der Waals surface area contributed by atoms with Crippen molar-refractivity contribution in [1.29, 1.82) is 0 Å². The first-order valence-corrected chi connectivity index (χ1v) is 9.95. The fourth-order valence-electron chi connectivity index (χ4n) is 3.57. The first-order chi connectivity index (χ1) is 15.6. The molecular weight excluding hydrogens is 406 g/mol. The molecule has 3 heterocycles. The zero-order valence-corrected chi connectivity index (χ0v) is 17.4. The van der Waals surface area contributed by atoms with E-state index in [1.54, 1.807) is 19.2 Å². The van der Waals surface area contributed by atoms with Gasteiger partial charge in [-0.05, 0) is 25.1 Å². The first-order valence-electron chi connectivity index (χ1n) is 9.95. The third kappa shape index (κ3) is 3.47. The van der Waals surface area contributed by atoms with Crippen LogP contribution in [0.15, 0.2) is 71.4 Å². The van der Waals surface area contributed by atoms with Crippen LogP contribution in [0.4, 0.5) is 5.69 Å². The summed E-state index contributed by atoms with van der Waals surface area (Å²) in [6.45, 7) is 1.71. The van der Waals surface area contributed by atoms with Crippen molar-refractivity contribution in [3.05, 3.63) is 78.2 Å². The number of rotatable bonds is 5. The quantitative estimate of drug-likeness (QED) is 0.417. The molecule has 0 fully saturated rings. The molecule has 0 aliphatic heterocycles. The lowest BCUT2D eigenvalue weighted by Crippen LogP contribution is -2.14. The Labute approximate surface area is 183 Å². The number of carbonyl (C=O) groups excluding carboxylic acids is 1. The summed E-state index contributed by atoms with van der Waals surface area (Å²) in [6.07, 6.45) is 1.77. The summed E-state index contributed by atoms with van der Waals surface area (Å²) in [6, 6.07) is 18.9. The number of hydrogen-bond acceptors (Lipinski definition) is 6. The van der Waals surface area contributed by atoms with E-state index in [0.29, 0.717) is 34.3 Å². The van der Waals surface area contributed by atoms with Crippen LogP contribution >= 0.6 is 0 Å². The maximum absolute atomic E-state index is 13.1. The Balaban J connectivity index is 1.46. The number of aryl methyl sites for hydroxylation is 1. The maximum atomic E-state index is 13.1. The summed E-state index contributed by atoms with van der Waals surface area (Å²) in [5, 5.41) is 15.0. The van der Waals surface area contributed by atoms with Crippen LogP contribution in [0.1, 0.15) is 16.1 Å². The van der Waals surface area contributed by atoms with Gasteiger partial charge in [-0.1, -0.05) is 47.6 Å². The van der Waals surface area contributed by atoms with E-state index in [4.69, 9.17) is 9.26 Å². The van der Waals surface area contributed by atoms with Gasteiger partial charge in [0.25, 0.3) is 5.91 Å². The van der Waals surface area contributed by atoms with Gasteiger partial charge in [0.05, 0.1) is 24.5 Å². The molecule has 32 heavy (non-hydrogen) atoms. The molecule has 158 valence electrons. The number of benzene rings is 2. The predicted molar refractivity (Wildman–Crippen MR) is 121 cm³/mol. The molecule has 2 N–H and O–H groups in total. The molecule has 8 nitrogen and oxygen atoms in total. The van der Waals surface area contributed by atoms with Crippen molar-refractivity contribution in [3.8, 4) is 28.4 Å². The molecule has 1 amide bonds. The Kier molecular flexibility index (Phi) is 4.87. The fraction of sp³-hybridized carbons (Fsp3) is 0.0833. The van der Waals surface area contributed by atoms with Gasteiger partial charge in [0, 0.05) is 16.5 Å². The normalized spacial score (nSPS) is 10.9. The van der Waals surface area contributed by atoms with Crippen LogP contribution in [0.5, 0.6) is 5.88 Å².